The van der Waals surface area contributed by atoms with Gasteiger partial charge < -0.3 is 10.6 Å². The van der Waals surface area contributed by atoms with Gasteiger partial charge in [0.1, 0.15) is 0 Å². The molecule has 96 valence electrons. The average molecular weight is 253 g/mol. The monoisotopic (exact) mass is 253 g/mol. The van der Waals surface area contributed by atoms with Crippen LogP contribution < -0.4 is 5.73 Å². The predicted molar refractivity (Wildman–Crippen MR) is 75.4 cm³/mol. The second-order valence-electron chi connectivity index (χ2n) is 4.09. The Hall–Kier alpha value is -0.580. The molecule has 0 spiro atoms. The lowest BCUT2D eigenvalue weighted by Crippen LogP contribution is -2.25. The van der Waals surface area contributed by atoms with Gasteiger partial charge in [-0.2, -0.15) is 0 Å². The van der Waals surface area contributed by atoms with E-state index in [1.807, 2.05) is 19.2 Å². The van der Waals surface area contributed by atoms with Crippen LogP contribution in [0.3, 0.4) is 0 Å². The summed E-state index contributed by atoms with van der Waals surface area (Å²) in [6.07, 6.45) is 1.85. The molecule has 0 bridgehead atoms. The molecule has 0 saturated carbocycles. The molecule has 1 rings (SSSR count). The highest BCUT2D eigenvalue weighted by molar-refractivity contribution is 7.99. The number of hydrogen-bond donors (Lipinski definition) is 1. The van der Waals surface area contributed by atoms with Crippen LogP contribution >= 0.6 is 11.8 Å². The van der Waals surface area contributed by atoms with Gasteiger partial charge in [0.25, 0.3) is 0 Å². The van der Waals surface area contributed by atoms with Gasteiger partial charge in [-0.1, -0.05) is 13.8 Å². The van der Waals surface area contributed by atoms with Crippen molar-refractivity contribution in [2.24, 2.45) is 5.73 Å². The quantitative estimate of drug-likeness (QED) is 0.758. The van der Waals surface area contributed by atoms with Crippen LogP contribution in [0.1, 0.15) is 32.4 Å². The molecule has 1 heterocycles. The van der Waals surface area contributed by atoms with Crippen molar-refractivity contribution in [1.29, 1.82) is 0 Å². The molecular weight excluding hydrogens is 230 g/mol. The SMILES string of the molecule is CCN(CC)CCSc1cc([C@H](C)N)ccn1. The standard InChI is InChI=1S/C13H23N3S/c1-4-16(5-2)8-9-17-13-10-12(11(3)14)6-7-15-13/h6-7,10-11H,4-5,8-9,14H2,1-3H3/t11-/m0/s1. The molecule has 0 unspecified atom stereocenters. The Balaban J connectivity index is 2.43. The number of thioether (sulfide) groups is 1. The van der Waals surface area contributed by atoms with Gasteiger partial charge in [0.05, 0.1) is 5.03 Å². The topological polar surface area (TPSA) is 42.1 Å². The molecule has 3 nitrogen and oxygen atoms in total. The van der Waals surface area contributed by atoms with Gasteiger partial charge in [-0.3, -0.25) is 0 Å². The number of pyridine rings is 1. The zero-order valence-electron chi connectivity index (χ0n) is 11.0. The molecule has 0 fully saturated rings. The molecule has 0 radical (unpaired) electrons. The predicted octanol–water partition coefficient (Wildman–Crippen LogP) is 2.54. The minimum Gasteiger partial charge on any atom is -0.324 e. The van der Waals surface area contributed by atoms with Crippen molar-refractivity contribution in [2.45, 2.75) is 31.8 Å². The molecule has 0 aliphatic heterocycles. The Labute approximate surface area is 109 Å². The maximum absolute atomic E-state index is 5.86. The van der Waals surface area contributed by atoms with E-state index in [0.717, 1.165) is 36.0 Å². The lowest BCUT2D eigenvalue weighted by Gasteiger charge is -2.17. The fourth-order valence-corrected chi connectivity index (χ4v) is 2.52. The van der Waals surface area contributed by atoms with Crippen molar-refractivity contribution in [2.75, 3.05) is 25.4 Å². The summed E-state index contributed by atoms with van der Waals surface area (Å²) in [6.45, 7) is 9.74. The maximum Gasteiger partial charge on any atom is 0.0963 e. The van der Waals surface area contributed by atoms with E-state index >= 15 is 0 Å². The van der Waals surface area contributed by atoms with Crippen LogP contribution in [0.2, 0.25) is 0 Å². The number of nitrogens with zero attached hydrogens (tertiary/aromatic N) is 2. The van der Waals surface area contributed by atoms with Crippen molar-refractivity contribution >= 4 is 11.8 Å². The molecule has 17 heavy (non-hydrogen) atoms. The summed E-state index contributed by atoms with van der Waals surface area (Å²) in [5.74, 6) is 1.08. The number of nitrogens with two attached hydrogens (primary N) is 1. The van der Waals surface area contributed by atoms with Crippen molar-refractivity contribution < 1.29 is 0 Å². The van der Waals surface area contributed by atoms with Crippen LogP contribution in [0.25, 0.3) is 0 Å². The van der Waals surface area contributed by atoms with Crippen LogP contribution in [0, 0.1) is 0 Å². The van der Waals surface area contributed by atoms with Gasteiger partial charge in [0, 0.05) is 24.5 Å². The van der Waals surface area contributed by atoms with E-state index in [0.29, 0.717) is 0 Å². The molecule has 0 saturated heterocycles. The summed E-state index contributed by atoms with van der Waals surface area (Å²) < 4.78 is 0. The maximum atomic E-state index is 5.86. The van der Waals surface area contributed by atoms with E-state index < -0.39 is 0 Å². The number of aromatic nitrogens is 1. The molecule has 1 aromatic rings. The van der Waals surface area contributed by atoms with Crippen LogP contribution in [-0.4, -0.2) is 35.3 Å². The highest BCUT2D eigenvalue weighted by Crippen LogP contribution is 2.18. The van der Waals surface area contributed by atoms with Crippen molar-refractivity contribution in [3.63, 3.8) is 0 Å². The first-order valence-electron chi connectivity index (χ1n) is 6.24. The normalized spacial score (nSPS) is 13.0. The first-order chi connectivity index (χ1) is 8.17. The van der Waals surface area contributed by atoms with Gasteiger partial charge >= 0.3 is 0 Å². The summed E-state index contributed by atoms with van der Waals surface area (Å²) in [5.41, 5.74) is 7.01. The van der Waals surface area contributed by atoms with Crippen LogP contribution in [0.5, 0.6) is 0 Å². The molecular formula is C13H23N3S. The third-order valence-electron chi connectivity index (χ3n) is 2.84. The van der Waals surface area contributed by atoms with Crippen molar-refractivity contribution in [3.8, 4) is 0 Å². The van der Waals surface area contributed by atoms with Crippen LogP contribution in [0.4, 0.5) is 0 Å². The third-order valence-corrected chi connectivity index (χ3v) is 3.74. The summed E-state index contributed by atoms with van der Waals surface area (Å²) >= 11 is 1.80. The Morgan fingerprint density at radius 2 is 2.12 bits per heavy atom. The summed E-state index contributed by atoms with van der Waals surface area (Å²) in [4.78, 5) is 6.78. The third kappa shape index (κ3) is 5.06. The fourth-order valence-electron chi connectivity index (χ4n) is 1.61. The van der Waals surface area contributed by atoms with Crippen LogP contribution in [0.15, 0.2) is 23.4 Å². The first kappa shape index (κ1) is 14.5. The minimum absolute atomic E-state index is 0.0835. The first-order valence-corrected chi connectivity index (χ1v) is 7.22. The second kappa shape index (κ2) is 7.69. The molecule has 1 aromatic heterocycles. The lowest BCUT2D eigenvalue weighted by atomic mass is 10.1. The molecule has 4 heteroatoms. The highest BCUT2D eigenvalue weighted by Gasteiger charge is 2.03. The largest absolute Gasteiger partial charge is 0.324 e. The van der Waals surface area contributed by atoms with Gasteiger partial charge in [0.2, 0.25) is 0 Å². The average Bonchev–Trinajstić information content (AvgIpc) is 2.35. The molecule has 0 amide bonds. The van der Waals surface area contributed by atoms with Crippen LogP contribution in [-0.2, 0) is 0 Å². The van der Waals surface area contributed by atoms with E-state index in [1.165, 1.54) is 0 Å². The minimum atomic E-state index is 0.0835. The lowest BCUT2D eigenvalue weighted by molar-refractivity contribution is 0.324. The zero-order valence-corrected chi connectivity index (χ0v) is 11.8. The molecule has 0 aliphatic rings. The van der Waals surface area contributed by atoms with Gasteiger partial charge in [-0.05, 0) is 37.7 Å². The fraction of sp³-hybridized carbons (Fsp3) is 0.615. The summed E-state index contributed by atoms with van der Waals surface area (Å²) in [5, 5.41) is 1.08. The highest BCUT2D eigenvalue weighted by atomic mass is 32.2. The summed E-state index contributed by atoms with van der Waals surface area (Å²) in [7, 11) is 0. The van der Waals surface area contributed by atoms with Crippen molar-refractivity contribution in [3.05, 3.63) is 23.9 Å². The molecule has 1 atom stereocenters. The molecule has 2 N–H and O–H groups in total. The Kier molecular flexibility index (Phi) is 6.55. The van der Waals surface area contributed by atoms with E-state index in [-0.39, 0.29) is 6.04 Å². The number of rotatable bonds is 7. The van der Waals surface area contributed by atoms with Gasteiger partial charge in [-0.15, -0.1) is 11.8 Å². The number of hydrogen-bond acceptors (Lipinski definition) is 4. The molecule has 0 aliphatic carbocycles. The van der Waals surface area contributed by atoms with E-state index in [2.05, 4.69) is 29.8 Å². The van der Waals surface area contributed by atoms with E-state index in [4.69, 9.17) is 5.73 Å². The smallest absolute Gasteiger partial charge is 0.0963 e. The Bertz CT molecular complexity index is 324. The zero-order chi connectivity index (χ0) is 12.7. The molecule has 0 aromatic carbocycles. The Morgan fingerprint density at radius 1 is 1.41 bits per heavy atom. The van der Waals surface area contributed by atoms with Crippen molar-refractivity contribution in [1.82, 2.24) is 9.88 Å². The Morgan fingerprint density at radius 3 is 2.71 bits per heavy atom. The van der Waals surface area contributed by atoms with Gasteiger partial charge in [0.15, 0.2) is 0 Å². The second-order valence-corrected chi connectivity index (χ2v) is 5.21. The van der Waals surface area contributed by atoms with E-state index in [9.17, 15) is 0 Å². The van der Waals surface area contributed by atoms with Gasteiger partial charge in [-0.25, -0.2) is 4.98 Å². The summed E-state index contributed by atoms with van der Waals surface area (Å²) in [6, 6.07) is 4.16. The van der Waals surface area contributed by atoms with E-state index in [1.54, 1.807) is 11.8 Å².